The van der Waals surface area contributed by atoms with Crippen LogP contribution in [-0.2, 0) is 14.4 Å². The van der Waals surface area contributed by atoms with Crippen LogP contribution in [0.15, 0.2) is 0 Å². The molecule has 96 valence electrons. The number of rotatable bonds is 6. The van der Waals surface area contributed by atoms with E-state index in [2.05, 4.69) is 12.6 Å². The highest BCUT2D eigenvalue weighted by Crippen LogP contribution is 2.23. The standard InChI is InChI=1S/C10H15NO5S/c12-8-3-6(5-17)4-11(8)7(10(15)16)1-2-9(13)14/h6-7,17H,1-5H2,(H,13,14)(H,15,16). The van der Waals surface area contributed by atoms with E-state index in [0.29, 0.717) is 18.7 Å². The van der Waals surface area contributed by atoms with Gasteiger partial charge in [-0.1, -0.05) is 0 Å². The minimum atomic E-state index is -1.15. The zero-order chi connectivity index (χ0) is 13.0. The van der Waals surface area contributed by atoms with Crippen LogP contribution in [0.1, 0.15) is 19.3 Å². The Morgan fingerprint density at radius 2 is 2.12 bits per heavy atom. The SMILES string of the molecule is O=C(O)CCC(C(=O)O)N1CC(CS)CC1=O. The summed E-state index contributed by atoms with van der Waals surface area (Å²) in [7, 11) is 0. The highest BCUT2D eigenvalue weighted by atomic mass is 32.1. The maximum atomic E-state index is 11.6. The third-order valence-corrected chi connectivity index (χ3v) is 3.31. The van der Waals surface area contributed by atoms with Gasteiger partial charge in [0.05, 0.1) is 0 Å². The van der Waals surface area contributed by atoms with Crippen molar-refractivity contribution in [1.82, 2.24) is 4.90 Å². The lowest BCUT2D eigenvalue weighted by molar-refractivity contribution is -0.149. The van der Waals surface area contributed by atoms with Crippen molar-refractivity contribution < 1.29 is 24.6 Å². The Morgan fingerprint density at radius 1 is 1.47 bits per heavy atom. The molecule has 0 bridgehead atoms. The summed E-state index contributed by atoms with van der Waals surface area (Å²) >= 11 is 4.08. The van der Waals surface area contributed by atoms with Gasteiger partial charge in [-0.3, -0.25) is 9.59 Å². The van der Waals surface area contributed by atoms with Crippen LogP contribution in [0.3, 0.4) is 0 Å². The summed E-state index contributed by atoms with van der Waals surface area (Å²) in [5.74, 6) is -1.87. The molecule has 2 unspecified atom stereocenters. The van der Waals surface area contributed by atoms with E-state index >= 15 is 0 Å². The van der Waals surface area contributed by atoms with E-state index in [4.69, 9.17) is 10.2 Å². The number of hydrogen-bond donors (Lipinski definition) is 3. The van der Waals surface area contributed by atoms with Crippen LogP contribution in [0.4, 0.5) is 0 Å². The van der Waals surface area contributed by atoms with E-state index < -0.39 is 18.0 Å². The van der Waals surface area contributed by atoms with E-state index in [1.54, 1.807) is 0 Å². The average Bonchev–Trinajstić information content (AvgIpc) is 2.59. The average molecular weight is 261 g/mol. The smallest absolute Gasteiger partial charge is 0.326 e. The van der Waals surface area contributed by atoms with Crippen molar-refractivity contribution in [3.8, 4) is 0 Å². The first kappa shape index (κ1) is 13.8. The Bertz CT molecular complexity index is 333. The summed E-state index contributed by atoms with van der Waals surface area (Å²) in [5, 5.41) is 17.6. The highest BCUT2D eigenvalue weighted by Gasteiger charge is 2.37. The lowest BCUT2D eigenvalue weighted by Crippen LogP contribution is -2.42. The van der Waals surface area contributed by atoms with Gasteiger partial charge in [0.15, 0.2) is 0 Å². The predicted molar refractivity (Wildman–Crippen MR) is 62.0 cm³/mol. The first-order chi connectivity index (χ1) is 7.95. The molecule has 2 N–H and O–H groups in total. The number of carbonyl (C=O) groups is 3. The fourth-order valence-corrected chi connectivity index (χ4v) is 2.15. The normalized spacial score (nSPS) is 21.6. The van der Waals surface area contributed by atoms with Gasteiger partial charge in [0, 0.05) is 19.4 Å². The third kappa shape index (κ3) is 3.62. The van der Waals surface area contributed by atoms with Crippen LogP contribution in [-0.4, -0.2) is 51.3 Å². The van der Waals surface area contributed by atoms with E-state index in [1.807, 2.05) is 0 Å². The molecule has 0 saturated carbocycles. The molecule has 0 radical (unpaired) electrons. The van der Waals surface area contributed by atoms with E-state index in [9.17, 15) is 14.4 Å². The summed E-state index contributed by atoms with van der Waals surface area (Å²) in [4.78, 5) is 34.3. The summed E-state index contributed by atoms with van der Waals surface area (Å²) in [6.07, 6.45) is -0.0255. The van der Waals surface area contributed by atoms with Crippen LogP contribution < -0.4 is 0 Å². The van der Waals surface area contributed by atoms with E-state index in [1.165, 1.54) is 4.90 Å². The molecule has 1 heterocycles. The fourth-order valence-electron chi connectivity index (χ4n) is 1.90. The minimum Gasteiger partial charge on any atom is -0.481 e. The second kappa shape index (κ2) is 5.90. The van der Waals surface area contributed by atoms with Crippen molar-refractivity contribution in [2.24, 2.45) is 5.92 Å². The molecule has 1 amide bonds. The molecule has 1 rings (SSSR count). The number of hydrogen-bond acceptors (Lipinski definition) is 4. The van der Waals surface area contributed by atoms with Crippen molar-refractivity contribution >= 4 is 30.5 Å². The van der Waals surface area contributed by atoms with Crippen LogP contribution in [0, 0.1) is 5.92 Å². The molecule has 6 nitrogen and oxygen atoms in total. The minimum absolute atomic E-state index is 0.0533. The predicted octanol–water partition coefficient (Wildman–Crippen LogP) is 0.0827. The molecule has 1 aliphatic rings. The number of carboxylic acids is 2. The molecule has 1 fully saturated rings. The Labute approximate surface area is 104 Å². The van der Waals surface area contributed by atoms with Crippen LogP contribution >= 0.6 is 12.6 Å². The van der Waals surface area contributed by atoms with Crippen molar-refractivity contribution in [3.05, 3.63) is 0 Å². The van der Waals surface area contributed by atoms with E-state index in [0.717, 1.165) is 0 Å². The Kier molecular flexibility index (Phi) is 4.80. The molecule has 2 atom stereocenters. The van der Waals surface area contributed by atoms with Gasteiger partial charge in [0.2, 0.25) is 5.91 Å². The first-order valence-corrected chi connectivity index (χ1v) is 5.94. The number of nitrogens with zero attached hydrogens (tertiary/aromatic N) is 1. The van der Waals surface area contributed by atoms with Crippen molar-refractivity contribution in [2.45, 2.75) is 25.3 Å². The third-order valence-electron chi connectivity index (χ3n) is 2.79. The quantitative estimate of drug-likeness (QED) is 0.589. The summed E-state index contributed by atoms with van der Waals surface area (Å²) in [6.45, 7) is 0.346. The Morgan fingerprint density at radius 3 is 2.53 bits per heavy atom. The van der Waals surface area contributed by atoms with E-state index in [-0.39, 0.29) is 24.7 Å². The molecule has 17 heavy (non-hydrogen) atoms. The van der Waals surface area contributed by atoms with Gasteiger partial charge < -0.3 is 15.1 Å². The number of carbonyl (C=O) groups excluding carboxylic acids is 1. The van der Waals surface area contributed by atoms with Gasteiger partial charge in [0.25, 0.3) is 0 Å². The fraction of sp³-hybridized carbons (Fsp3) is 0.700. The van der Waals surface area contributed by atoms with Gasteiger partial charge >= 0.3 is 11.9 Å². The van der Waals surface area contributed by atoms with Gasteiger partial charge in [-0.25, -0.2) is 4.79 Å². The molecule has 1 saturated heterocycles. The lowest BCUT2D eigenvalue weighted by Gasteiger charge is -2.24. The van der Waals surface area contributed by atoms with Gasteiger partial charge in [0.1, 0.15) is 6.04 Å². The van der Waals surface area contributed by atoms with Gasteiger partial charge in [-0.2, -0.15) is 12.6 Å². The van der Waals surface area contributed by atoms with Crippen LogP contribution in [0.2, 0.25) is 0 Å². The van der Waals surface area contributed by atoms with Crippen molar-refractivity contribution in [2.75, 3.05) is 12.3 Å². The molecule has 0 spiro atoms. The second-order valence-electron chi connectivity index (χ2n) is 4.09. The monoisotopic (exact) mass is 261 g/mol. The molecule has 0 aliphatic carbocycles. The zero-order valence-corrected chi connectivity index (χ0v) is 10.1. The Balaban J connectivity index is 2.67. The topological polar surface area (TPSA) is 94.9 Å². The van der Waals surface area contributed by atoms with Crippen LogP contribution in [0.5, 0.6) is 0 Å². The molecular weight excluding hydrogens is 246 g/mol. The number of amides is 1. The zero-order valence-electron chi connectivity index (χ0n) is 9.20. The second-order valence-corrected chi connectivity index (χ2v) is 4.45. The highest BCUT2D eigenvalue weighted by molar-refractivity contribution is 7.80. The molecule has 0 aromatic carbocycles. The largest absolute Gasteiger partial charge is 0.481 e. The van der Waals surface area contributed by atoms with Gasteiger partial charge in [-0.15, -0.1) is 0 Å². The number of carboxylic acid groups (broad SMARTS) is 2. The molecule has 7 heteroatoms. The Hall–Kier alpha value is -1.24. The van der Waals surface area contributed by atoms with Crippen molar-refractivity contribution in [3.63, 3.8) is 0 Å². The summed E-state index contributed by atoms with van der Waals surface area (Å²) in [6, 6.07) is -1.04. The maximum absolute atomic E-state index is 11.6. The summed E-state index contributed by atoms with van der Waals surface area (Å²) in [5.41, 5.74) is 0. The number of aliphatic carboxylic acids is 2. The maximum Gasteiger partial charge on any atom is 0.326 e. The van der Waals surface area contributed by atoms with Crippen LogP contribution in [0.25, 0.3) is 0 Å². The molecule has 0 aromatic rings. The number of thiol groups is 1. The lowest BCUT2D eigenvalue weighted by atomic mass is 10.1. The molecular formula is C10H15NO5S. The van der Waals surface area contributed by atoms with Crippen molar-refractivity contribution in [1.29, 1.82) is 0 Å². The summed E-state index contributed by atoms with van der Waals surface area (Å²) < 4.78 is 0. The number of likely N-dealkylation sites (tertiary alicyclic amines) is 1. The molecule has 1 aliphatic heterocycles. The molecule has 0 aromatic heterocycles. The van der Waals surface area contributed by atoms with Gasteiger partial charge in [-0.05, 0) is 18.1 Å². The first-order valence-electron chi connectivity index (χ1n) is 5.30.